The monoisotopic (exact) mass is 376 g/mol. The Labute approximate surface area is 156 Å². The van der Waals surface area contributed by atoms with Crippen molar-refractivity contribution in [3.8, 4) is 10.4 Å². The van der Waals surface area contributed by atoms with Gasteiger partial charge in [-0.3, -0.25) is 0 Å². The number of hydrogen-bond acceptors (Lipinski definition) is 3. The molecule has 3 aromatic rings. The molecule has 0 aliphatic heterocycles. The molecule has 1 N–H and O–H groups in total. The van der Waals surface area contributed by atoms with E-state index in [1.807, 2.05) is 18.3 Å². The van der Waals surface area contributed by atoms with E-state index in [9.17, 15) is 0 Å². The molecule has 2 aromatic carbocycles. The number of hydrogen-bond donors (Lipinski definition) is 1. The van der Waals surface area contributed by atoms with Crippen LogP contribution in [0.5, 0.6) is 0 Å². The van der Waals surface area contributed by atoms with Gasteiger partial charge in [-0.25, -0.2) is 4.98 Å². The Balaban J connectivity index is 1.54. The summed E-state index contributed by atoms with van der Waals surface area (Å²) < 4.78 is 0. The van der Waals surface area contributed by atoms with Crippen molar-refractivity contribution >= 4 is 34.5 Å². The number of benzene rings is 2. The highest BCUT2D eigenvalue weighted by Gasteiger charge is 2.07. The normalized spacial score (nSPS) is 11.0. The summed E-state index contributed by atoms with van der Waals surface area (Å²) >= 11 is 13.8. The van der Waals surface area contributed by atoms with E-state index >= 15 is 0 Å². The maximum atomic E-state index is 6.19. The van der Waals surface area contributed by atoms with E-state index in [0.29, 0.717) is 5.02 Å². The van der Waals surface area contributed by atoms with Gasteiger partial charge < -0.3 is 5.32 Å². The fourth-order valence-electron chi connectivity index (χ4n) is 2.51. The molecule has 0 amide bonds. The molecule has 24 heavy (non-hydrogen) atoms. The van der Waals surface area contributed by atoms with Crippen LogP contribution in [0.2, 0.25) is 10.0 Å². The predicted octanol–water partition coefficient (Wildman–Crippen LogP) is 5.76. The van der Waals surface area contributed by atoms with Crippen molar-refractivity contribution in [1.82, 2.24) is 10.3 Å². The van der Waals surface area contributed by atoms with Crippen LogP contribution in [-0.4, -0.2) is 11.5 Å². The Morgan fingerprint density at radius 1 is 1.12 bits per heavy atom. The lowest BCUT2D eigenvalue weighted by Gasteiger charge is -2.05. The van der Waals surface area contributed by atoms with Gasteiger partial charge in [0, 0.05) is 22.8 Å². The summed E-state index contributed by atoms with van der Waals surface area (Å²) in [7, 11) is 0. The zero-order valence-electron chi connectivity index (χ0n) is 13.4. The van der Waals surface area contributed by atoms with Gasteiger partial charge in [-0.2, -0.15) is 0 Å². The smallest absolute Gasteiger partial charge is 0.107 e. The summed E-state index contributed by atoms with van der Waals surface area (Å²) in [4.78, 5) is 5.73. The molecule has 2 nitrogen and oxygen atoms in total. The Morgan fingerprint density at radius 2 is 1.96 bits per heavy atom. The highest BCUT2D eigenvalue weighted by atomic mass is 35.5. The largest absolute Gasteiger partial charge is 0.310 e. The van der Waals surface area contributed by atoms with Gasteiger partial charge in [-0.1, -0.05) is 53.5 Å². The van der Waals surface area contributed by atoms with E-state index < -0.39 is 0 Å². The molecule has 0 atom stereocenters. The maximum absolute atomic E-state index is 6.19. The first-order valence-electron chi connectivity index (χ1n) is 7.79. The molecule has 0 unspecified atom stereocenters. The summed E-state index contributed by atoms with van der Waals surface area (Å²) in [6.45, 7) is 3.74. The van der Waals surface area contributed by atoms with Crippen molar-refractivity contribution in [1.29, 1.82) is 0 Å². The van der Waals surface area contributed by atoms with Gasteiger partial charge in [0.1, 0.15) is 5.01 Å². The summed E-state index contributed by atoms with van der Waals surface area (Å²) in [5, 5.41) is 5.91. The standard InChI is InChI=1S/C19H18Cl2N2S/c1-13-4-2-3-5-16(13)18-11-23-19(24-18)12-22-9-8-14-6-7-15(20)10-17(14)21/h2-7,10-11,22H,8-9,12H2,1H3. The Kier molecular flexibility index (Phi) is 5.90. The van der Waals surface area contributed by atoms with Crippen molar-refractivity contribution in [2.24, 2.45) is 0 Å². The average molecular weight is 377 g/mol. The molecule has 1 aromatic heterocycles. The van der Waals surface area contributed by atoms with Gasteiger partial charge in [0.05, 0.1) is 4.88 Å². The third kappa shape index (κ3) is 4.37. The summed E-state index contributed by atoms with van der Waals surface area (Å²) in [5.41, 5.74) is 3.64. The molecule has 5 heteroatoms. The number of nitrogens with zero attached hydrogens (tertiary/aromatic N) is 1. The minimum absolute atomic E-state index is 0.670. The van der Waals surface area contributed by atoms with E-state index in [0.717, 1.165) is 35.1 Å². The van der Waals surface area contributed by atoms with Gasteiger partial charge in [-0.15, -0.1) is 11.3 Å². The van der Waals surface area contributed by atoms with E-state index in [2.05, 4.69) is 41.5 Å². The van der Waals surface area contributed by atoms with Crippen LogP contribution in [0.1, 0.15) is 16.1 Å². The van der Waals surface area contributed by atoms with Gasteiger partial charge in [-0.05, 0) is 48.7 Å². The van der Waals surface area contributed by atoms with Crippen LogP contribution in [0.3, 0.4) is 0 Å². The molecule has 0 bridgehead atoms. The minimum Gasteiger partial charge on any atom is -0.310 e. The van der Waals surface area contributed by atoms with E-state index in [4.69, 9.17) is 23.2 Å². The molecule has 0 aliphatic carbocycles. The highest BCUT2D eigenvalue weighted by molar-refractivity contribution is 7.15. The number of rotatable bonds is 6. The van der Waals surface area contributed by atoms with Crippen molar-refractivity contribution < 1.29 is 0 Å². The van der Waals surface area contributed by atoms with Gasteiger partial charge in [0.2, 0.25) is 0 Å². The third-order valence-corrected chi connectivity index (χ3v) is 5.44. The molecule has 124 valence electrons. The second-order valence-electron chi connectivity index (χ2n) is 5.60. The Hall–Kier alpha value is -1.39. The Bertz CT molecular complexity index is 830. The third-order valence-electron chi connectivity index (χ3n) is 3.83. The zero-order chi connectivity index (χ0) is 16.9. The number of aromatic nitrogens is 1. The van der Waals surface area contributed by atoms with Gasteiger partial charge >= 0.3 is 0 Å². The number of nitrogens with one attached hydrogen (secondary N) is 1. The topological polar surface area (TPSA) is 24.9 Å². The summed E-state index contributed by atoms with van der Waals surface area (Å²) in [6.07, 6.45) is 2.83. The lowest BCUT2D eigenvalue weighted by Crippen LogP contribution is -2.16. The molecular weight excluding hydrogens is 359 g/mol. The lowest BCUT2D eigenvalue weighted by molar-refractivity contribution is 0.684. The van der Waals surface area contributed by atoms with Crippen molar-refractivity contribution in [2.45, 2.75) is 19.9 Å². The number of thiazole rings is 1. The van der Waals surface area contributed by atoms with Crippen molar-refractivity contribution in [3.05, 3.63) is 74.8 Å². The predicted molar refractivity (Wildman–Crippen MR) is 104 cm³/mol. The number of halogens is 2. The average Bonchev–Trinajstić information content (AvgIpc) is 3.02. The fourth-order valence-corrected chi connectivity index (χ4v) is 3.99. The zero-order valence-corrected chi connectivity index (χ0v) is 15.7. The minimum atomic E-state index is 0.670. The van der Waals surface area contributed by atoms with Gasteiger partial charge in [0.25, 0.3) is 0 Å². The SMILES string of the molecule is Cc1ccccc1-c1cnc(CNCCc2ccc(Cl)cc2Cl)s1. The van der Waals surface area contributed by atoms with Crippen LogP contribution in [-0.2, 0) is 13.0 Å². The first-order valence-corrected chi connectivity index (χ1v) is 9.36. The second-order valence-corrected chi connectivity index (χ2v) is 7.55. The molecule has 0 aliphatic rings. The van der Waals surface area contributed by atoms with Crippen LogP contribution >= 0.6 is 34.5 Å². The first-order chi connectivity index (χ1) is 11.6. The molecule has 3 rings (SSSR count). The molecule has 0 spiro atoms. The van der Waals surface area contributed by atoms with Crippen LogP contribution < -0.4 is 5.32 Å². The molecule has 0 radical (unpaired) electrons. The molecule has 0 fully saturated rings. The number of aryl methyl sites for hydroxylation is 1. The van der Waals surface area contributed by atoms with Crippen LogP contribution in [0.15, 0.2) is 48.7 Å². The van der Waals surface area contributed by atoms with Crippen LogP contribution in [0, 0.1) is 6.92 Å². The quantitative estimate of drug-likeness (QED) is 0.553. The summed E-state index contributed by atoms with van der Waals surface area (Å²) in [5.74, 6) is 0. The molecule has 0 saturated heterocycles. The molecular formula is C19H18Cl2N2S. The van der Waals surface area contributed by atoms with Crippen molar-refractivity contribution in [3.63, 3.8) is 0 Å². The first kappa shape index (κ1) is 17.4. The maximum Gasteiger partial charge on any atom is 0.107 e. The Morgan fingerprint density at radius 3 is 2.75 bits per heavy atom. The van der Waals surface area contributed by atoms with E-state index in [1.54, 1.807) is 17.4 Å². The summed E-state index contributed by atoms with van der Waals surface area (Å²) in [6, 6.07) is 14.0. The molecule has 1 heterocycles. The lowest BCUT2D eigenvalue weighted by atomic mass is 10.1. The molecule has 0 saturated carbocycles. The van der Waals surface area contributed by atoms with Crippen LogP contribution in [0.4, 0.5) is 0 Å². The van der Waals surface area contributed by atoms with E-state index in [-0.39, 0.29) is 0 Å². The second kappa shape index (κ2) is 8.13. The van der Waals surface area contributed by atoms with Gasteiger partial charge in [0.15, 0.2) is 0 Å². The van der Waals surface area contributed by atoms with Crippen molar-refractivity contribution in [2.75, 3.05) is 6.54 Å². The van der Waals surface area contributed by atoms with Crippen LogP contribution in [0.25, 0.3) is 10.4 Å². The highest BCUT2D eigenvalue weighted by Crippen LogP contribution is 2.28. The fraction of sp³-hybridized carbons (Fsp3) is 0.211. The van der Waals surface area contributed by atoms with E-state index in [1.165, 1.54) is 16.0 Å².